The minimum atomic E-state index is -3.99. The van der Waals surface area contributed by atoms with Crippen molar-refractivity contribution < 1.29 is 36.3 Å². The second-order valence-corrected chi connectivity index (χ2v) is 16.5. The molecule has 0 unspecified atom stereocenters. The van der Waals surface area contributed by atoms with E-state index in [1.807, 2.05) is 13.0 Å². The van der Waals surface area contributed by atoms with Crippen LogP contribution in [0.2, 0.25) is 0 Å². The molecule has 2 amide bonds. The van der Waals surface area contributed by atoms with Crippen LogP contribution in [0, 0.1) is 12.7 Å². The van der Waals surface area contributed by atoms with E-state index in [-0.39, 0.29) is 36.4 Å². The van der Waals surface area contributed by atoms with Gasteiger partial charge in [-0.2, -0.15) is 0 Å². The summed E-state index contributed by atoms with van der Waals surface area (Å²) in [5.74, 6) is -3.18. The van der Waals surface area contributed by atoms with Gasteiger partial charge in [0.25, 0.3) is 11.8 Å². The fraction of sp³-hybridized carbons (Fsp3) is 0.528. The third-order valence-corrected chi connectivity index (χ3v) is 13.2. The molecule has 0 spiro atoms. The van der Waals surface area contributed by atoms with Gasteiger partial charge >= 0.3 is 5.63 Å². The van der Waals surface area contributed by atoms with Crippen LogP contribution in [0.5, 0.6) is 5.75 Å². The molecule has 1 aromatic heterocycles. The van der Waals surface area contributed by atoms with E-state index in [0.717, 1.165) is 48.3 Å². The number of hydrogen-bond donors (Lipinski definition) is 1. The Morgan fingerprint density at radius 2 is 1.82 bits per heavy atom. The van der Waals surface area contributed by atoms with Crippen molar-refractivity contribution in [2.24, 2.45) is 0 Å². The molecule has 1 saturated heterocycles. The van der Waals surface area contributed by atoms with E-state index in [0.29, 0.717) is 49.9 Å². The van der Waals surface area contributed by atoms with Gasteiger partial charge in [-0.05, 0) is 89.2 Å². The summed E-state index contributed by atoms with van der Waals surface area (Å²) in [4.78, 5) is 46.4. The maximum Gasteiger partial charge on any atom is 0.341 e. The number of likely N-dealkylation sites (N-methyl/N-ethyl adjacent to an activating group) is 1. The van der Waals surface area contributed by atoms with Crippen molar-refractivity contribution >= 4 is 38.5 Å². The molecule has 0 radical (unpaired) electrons. The second-order valence-electron chi connectivity index (χ2n) is 14.3. The zero-order chi connectivity index (χ0) is 35.5. The molecule has 3 fully saturated rings. The van der Waals surface area contributed by atoms with Crippen molar-refractivity contribution in [1.82, 2.24) is 14.5 Å². The molecule has 14 heteroatoms. The van der Waals surface area contributed by atoms with E-state index in [2.05, 4.69) is 27.6 Å². The highest BCUT2D eigenvalue weighted by molar-refractivity contribution is 7.91. The summed E-state index contributed by atoms with van der Waals surface area (Å²) >= 11 is 0. The molecule has 12 nitrogen and oxygen atoms in total. The van der Waals surface area contributed by atoms with Gasteiger partial charge in [-0.25, -0.2) is 22.3 Å². The molecular formula is C36H43FN4O8S. The van der Waals surface area contributed by atoms with Crippen LogP contribution in [-0.2, 0) is 27.7 Å². The molecule has 0 bridgehead atoms. The Balaban J connectivity index is 1.15. The fourth-order valence-corrected chi connectivity index (χ4v) is 8.33. The number of aryl methyl sites for hydroxylation is 1. The number of sulfonamides is 1. The molecule has 50 heavy (non-hydrogen) atoms. The minimum absolute atomic E-state index is 0.0816. The summed E-state index contributed by atoms with van der Waals surface area (Å²) < 4.78 is 60.0. The normalized spacial score (nSPS) is 20.7. The third-order valence-electron chi connectivity index (χ3n) is 11.0. The summed E-state index contributed by atoms with van der Waals surface area (Å²) in [7, 11) is -0.210. The van der Waals surface area contributed by atoms with E-state index >= 15 is 4.39 Å². The summed E-state index contributed by atoms with van der Waals surface area (Å²) in [6.07, 6.45) is 3.00. The number of methoxy groups -OCH3 is 1. The highest BCUT2D eigenvalue weighted by atomic mass is 32.2. The van der Waals surface area contributed by atoms with Crippen molar-refractivity contribution in [1.29, 1.82) is 0 Å². The van der Waals surface area contributed by atoms with E-state index in [9.17, 15) is 22.8 Å². The molecule has 3 aromatic rings. The first kappa shape index (κ1) is 34.4. The van der Waals surface area contributed by atoms with Crippen molar-refractivity contribution in [2.75, 3.05) is 51.8 Å². The lowest BCUT2D eigenvalue weighted by atomic mass is 9.94. The number of amides is 2. The Labute approximate surface area is 290 Å². The number of benzene rings is 2. The van der Waals surface area contributed by atoms with Gasteiger partial charge in [0, 0.05) is 49.9 Å². The second kappa shape index (κ2) is 13.0. The predicted octanol–water partition coefficient (Wildman–Crippen LogP) is 3.75. The van der Waals surface area contributed by atoms with Gasteiger partial charge in [-0.15, -0.1) is 0 Å². The SMILES string of the molecule is COC[C@H]1CN(c2ccc3c4c(c(=O)oc3c2C)CN(C(=O)c2ccc(C(=O)NS(=O)(=O)C3(C)CC3)c(OC3CCC3)c2F)CC4)CCN1C. The zero-order valence-corrected chi connectivity index (χ0v) is 29.7. The number of piperazine rings is 1. The number of anilines is 1. The lowest BCUT2D eigenvalue weighted by Crippen LogP contribution is -2.53. The van der Waals surface area contributed by atoms with Crippen LogP contribution in [0.25, 0.3) is 11.0 Å². The smallest absolute Gasteiger partial charge is 0.341 e. The number of halogens is 1. The number of hydrogen-bond acceptors (Lipinski definition) is 10. The first-order valence-electron chi connectivity index (χ1n) is 17.2. The molecule has 7 rings (SSSR count). The Morgan fingerprint density at radius 1 is 1.08 bits per heavy atom. The summed E-state index contributed by atoms with van der Waals surface area (Å²) in [6, 6.07) is 6.65. The average molecular weight is 711 g/mol. The van der Waals surface area contributed by atoms with Crippen LogP contribution >= 0.6 is 0 Å². The van der Waals surface area contributed by atoms with Crippen LogP contribution < -0.4 is 20.0 Å². The number of carbonyl (C=O) groups is 2. The summed E-state index contributed by atoms with van der Waals surface area (Å²) in [5, 5.41) is 0.809. The summed E-state index contributed by atoms with van der Waals surface area (Å²) in [6.45, 7) is 6.71. The van der Waals surface area contributed by atoms with Gasteiger partial charge < -0.3 is 23.7 Å². The average Bonchev–Trinajstić information content (AvgIpc) is 3.83. The highest BCUT2D eigenvalue weighted by Crippen LogP contribution is 2.42. The van der Waals surface area contributed by atoms with Gasteiger partial charge in [0.05, 0.1) is 46.7 Å². The molecule has 268 valence electrons. The third kappa shape index (κ3) is 6.04. The number of nitrogens with one attached hydrogen (secondary N) is 1. The van der Waals surface area contributed by atoms with Gasteiger partial charge in [-0.3, -0.25) is 14.5 Å². The molecule has 2 aliphatic heterocycles. The van der Waals surface area contributed by atoms with Crippen molar-refractivity contribution in [3.63, 3.8) is 0 Å². The lowest BCUT2D eigenvalue weighted by molar-refractivity contribution is 0.0721. The summed E-state index contributed by atoms with van der Waals surface area (Å²) in [5.41, 5.74) is 2.34. The minimum Gasteiger partial charge on any atom is -0.486 e. The Bertz CT molecular complexity index is 2040. The fourth-order valence-electron chi connectivity index (χ4n) is 7.09. The van der Waals surface area contributed by atoms with Crippen molar-refractivity contribution in [3.05, 3.63) is 68.3 Å². The lowest BCUT2D eigenvalue weighted by Gasteiger charge is -2.41. The monoisotopic (exact) mass is 710 g/mol. The Hall–Kier alpha value is -4.01. The standard InChI is InChI=1S/C36H43FN4O8S/c1-21-29(40-17-16-39(3)22(18-40)20-47-4)11-10-25-24-12-15-41(19-28(24)35(44)49-31(21)25)34(43)26-8-9-27(32(30(26)37)48-23-6-5-7-23)33(42)38-50(45,46)36(2)13-14-36/h8-11,22-23H,5-7,12-20H2,1-4H3,(H,38,42)/t22-/m1/s1. The van der Waals surface area contributed by atoms with E-state index in [4.69, 9.17) is 13.9 Å². The van der Waals surface area contributed by atoms with Gasteiger partial charge in [0.2, 0.25) is 10.0 Å². The molecule has 2 aliphatic carbocycles. The van der Waals surface area contributed by atoms with Crippen molar-refractivity contribution in [3.8, 4) is 5.75 Å². The molecule has 2 aromatic carbocycles. The van der Waals surface area contributed by atoms with E-state index in [1.165, 1.54) is 17.0 Å². The maximum atomic E-state index is 16.2. The first-order chi connectivity index (χ1) is 23.8. The van der Waals surface area contributed by atoms with Crippen LogP contribution in [0.15, 0.2) is 33.5 Å². The number of nitrogens with zero attached hydrogens (tertiary/aromatic N) is 3. The number of carbonyl (C=O) groups excluding carboxylic acids is 2. The molecule has 1 atom stereocenters. The quantitative estimate of drug-likeness (QED) is 0.327. The topological polar surface area (TPSA) is 139 Å². The Morgan fingerprint density at radius 3 is 2.50 bits per heavy atom. The maximum absolute atomic E-state index is 16.2. The molecular weight excluding hydrogens is 667 g/mol. The van der Waals surface area contributed by atoms with Gasteiger partial charge in [0.1, 0.15) is 5.58 Å². The molecule has 2 saturated carbocycles. The highest BCUT2D eigenvalue weighted by Gasteiger charge is 2.51. The number of fused-ring (bicyclic) bond motifs is 3. The zero-order valence-electron chi connectivity index (χ0n) is 28.8. The largest absolute Gasteiger partial charge is 0.486 e. The van der Waals surface area contributed by atoms with Gasteiger partial charge in [0.15, 0.2) is 11.6 Å². The van der Waals surface area contributed by atoms with Crippen molar-refractivity contribution in [2.45, 2.75) is 75.8 Å². The molecule has 3 heterocycles. The van der Waals surface area contributed by atoms with Gasteiger partial charge in [-0.1, -0.05) is 0 Å². The number of rotatable bonds is 9. The molecule has 4 aliphatic rings. The van der Waals surface area contributed by atoms with Crippen LogP contribution in [0.3, 0.4) is 0 Å². The predicted molar refractivity (Wildman–Crippen MR) is 185 cm³/mol. The molecule has 1 N–H and O–H groups in total. The van der Waals surface area contributed by atoms with Crippen LogP contribution in [-0.4, -0.2) is 93.9 Å². The van der Waals surface area contributed by atoms with E-state index in [1.54, 1.807) is 14.0 Å². The Kier molecular flexibility index (Phi) is 8.92. The van der Waals surface area contributed by atoms with Crippen LogP contribution in [0.1, 0.15) is 76.4 Å². The van der Waals surface area contributed by atoms with E-state index < -0.39 is 43.8 Å². The van der Waals surface area contributed by atoms with Crippen LogP contribution in [0.4, 0.5) is 10.1 Å². The number of ether oxygens (including phenoxy) is 2. The first-order valence-corrected chi connectivity index (χ1v) is 18.7.